The summed E-state index contributed by atoms with van der Waals surface area (Å²) in [5.41, 5.74) is 3.27. The van der Waals surface area contributed by atoms with E-state index in [1.807, 2.05) is 39.0 Å². The van der Waals surface area contributed by atoms with E-state index in [2.05, 4.69) is 15.6 Å². The van der Waals surface area contributed by atoms with Crippen LogP contribution in [0, 0.1) is 20.8 Å². The lowest BCUT2D eigenvalue weighted by Crippen LogP contribution is -2.16. The summed E-state index contributed by atoms with van der Waals surface area (Å²) in [5, 5.41) is 15.3. The molecular formula is C28H43N3O9S. The number of anilines is 2. The van der Waals surface area contributed by atoms with Gasteiger partial charge >= 0.3 is 5.97 Å². The minimum atomic E-state index is -0.876. The van der Waals surface area contributed by atoms with Gasteiger partial charge in [0.15, 0.2) is 5.13 Å². The van der Waals surface area contributed by atoms with Gasteiger partial charge in [-0.1, -0.05) is 6.07 Å². The van der Waals surface area contributed by atoms with E-state index in [-0.39, 0.29) is 18.9 Å². The molecule has 2 aromatic rings. The summed E-state index contributed by atoms with van der Waals surface area (Å²) < 4.78 is 32.4. The number of hydrogen-bond acceptors (Lipinski definition) is 11. The molecule has 0 aliphatic rings. The number of thiazole rings is 1. The van der Waals surface area contributed by atoms with Crippen LogP contribution >= 0.6 is 11.3 Å². The smallest absolute Gasteiger partial charge is 0.305 e. The highest BCUT2D eigenvalue weighted by Gasteiger charge is 2.13. The quantitative estimate of drug-likeness (QED) is 0.153. The number of rotatable bonds is 24. The summed E-state index contributed by atoms with van der Waals surface area (Å²) in [4.78, 5) is 28.5. The van der Waals surface area contributed by atoms with Crippen LogP contribution in [0.1, 0.15) is 32.9 Å². The molecule has 0 saturated heterocycles. The van der Waals surface area contributed by atoms with E-state index in [9.17, 15) is 9.59 Å². The zero-order chi connectivity index (χ0) is 29.7. The number of nitrogens with one attached hydrogen (secondary N) is 2. The monoisotopic (exact) mass is 597 g/mol. The maximum Gasteiger partial charge on any atom is 0.305 e. The molecule has 3 N–H and O–H groups in total. The molecule has 2 rings (SSSR count). The number of aromatic nitrogens is 1. The van der Waals surface area contributed by atoms with E-state index >= 15 is 0 Å². The van der Waals surface area contributed by atoms with Gasteiger partial charge in [0.05, 0.1) is 91.4 Å². The number of aryl methyl sites for hydroxylation is 3. The number of hydrogen-bond donors (Lipinski definition) is 3. The second-order valence-corrected chi connectivity index (χ2v) is 10.1. The number of benzene rings is 1. The van der Waals surface area contributed by atoms with Crippen LogP contribution in [-0.4, -0.2) is 108 Å². The summed E-state index contributed by atoms with van der Waals surface area (Å²) in [5.74, 6) is -1.05. The molecule has 0 radical (unpaired) electrons. The molecule has 41 heavy (non-hydrogen) atoms. The molecule has 0 bridgehead atoms. The van der Waals surface area contributed by atoms with Crippen molar-refractivity contribution >= 4 is 34.0 Å². The van der Waals surface area contributed by atoms with Crippen LogP contribution in [0.2, 0.25) is 0 Å². The number of carboxylic acid groups (broad SMARTS) is 1. The molecule has 0 saturated carbocycles. The Kier molecular flexibility index (Phi) is 17.8. The highest BCUT2D eigenvalue weighted by atomic mass is 32.1. The molecule has 13 heteroatoms. The van der Waals surface area contributed by atoms with Gasteiger partial charge in [-0.25, -0.2) is 4.98 Å². The van der Waals surface area contributed by atoms with Gasteiger partial charge in [0.25, 0.3) is 5.91 Å². The van der Waals surface area contributed by atoms with Gasteiger partial charge < -0.3 is 38.8 Å². The van der Waals surface area contributed by atoms with Gasteiger partial charge in [-0.2, -0.15) is 0 Å². The highest BCUT2D eigenvalue weighted by Crippen LogP contribution is 2.23. The Morgan fingerprint density at radius 2 is 1.29 bits per heavy atom. The number of aliphatic carboxylic acids is 1. The van der Waals surface area contributed by atoms with Gasteiger partial charge in [0.2, 0.25) is 0 Å². The highest BCUT2D eigenvalue weighted by molar-refractivity contribution is 7.15. The predicted molar refractivity (Wildman–Crippen MR) is 156 cm³/mol. The Morgan fingerprint density at radius 1 is 0.780 bits per heavy atom. The molecule has 0 spiro atoms. The van der Waals surface area contributed by atoms with Crippen molar-refractivity contribution < 1.29 is 43.1 Å². The minimum absolute atomic E-state index is 0.00482. The summed E-state index contributed by atoms with van der Waals surface area (Å²) in [7, 11) is 0. The SMILES string of the molecule is Cc1ccc(NCCOCCOCCOCCOCCOCCOCCC(=O)O)cc1C(=O)Nc1nc(C)c(C)s1. The van der Waals surface area contributed by atoms with Crippen LogP contribution in [-0.2, 0) is 33.2 Å². The summed E-state index contributed by atoms with van der Waals surface area (Å²) >= 11 is 1.47. The van der Waals surface area contributed by atoms with Crippen LogP contribution in [0.25, 0.3) is 0 Å². The molecule has 230 valence electrons. The van der Waals surface area contributed by atoms with Crippen molar-refractivity contribution in [2.24, 2.45) is 0 Å². The first-order valence-electron chi connectivity index (χ1n) is 13.6. The molecule has 0 unspecified atom stereocenters. The van der Waals surface area contributed by atoms with E-state index in [1.54, 1.807) is 0 Å². The van der Waals surface area contributed by atoms with E-state index in [0.29, 0.717) is 89.9 Å². The second kappa shape index (κ2) is 21.1. The number of carbonyl (C=O) groups excluding carboxylic acids is 1. The van der Waals surface area contributed by atoms with Crippen LogP contribution in [0.3, 0.4) is 0 Å². The van der Waals surface area contributed by atoms with E-state index < -0.39 is 5.97 Å². The first kappa shape index (κ1) is 34.6. The summed E-state index contributed by atoms with van der Waals surface area (Å²) in [6.07, 6.45) is -0.00482. The lowest BCUT2D eigenvalue weighted by molar-refractivity contribution is -0.138. The van der Waals surface area contributed by atoms with Gasteiger partial charge in [-0.15, -0.1) is 11.3 Å². The topological polar surface area (TPSA) is 147 Å². The number of carbonyl (C=O) groups is 2. The zero-order valence-electron chi connectivity index (χ0n) is 24.2. The Bertz CT molecular complexity index is 1020. The molecule has 0 aliphatic heterocycles. The predicted octanol–water partition coefficient (Wildman–Crippen LogP) is 3.31. The zero-order valence-corrected chi connectivity index (χ0v) is 25.0. The van der Waals surface area contributed by atoms with Crippen molar-refractivity contribution in [2.75, 3.05) is 96.5 Å². The Hall–Kier alpha value is -2.65. The fraction of sp³-hybridized carbons (Fsp3) is 0.607. The van der Waals surface area contributed by atoms with Crippen LogP contribution in [0.4, 0.5) is 10.8 Å². The molecule has 0 fully saturated rings. The van der Waals surface area contributed by atoms with Crippen molar-refractivity contribution in [2.45, 2.75) is 27.2 Å². The first-order chi connectivity index (χ1) is 19.9. The first-order valence-corrected chi connectivity index (χ1v) is 14.5. The third-order valence-electron chi connectivity index (χ3n) is 5.63. The van der Waals surface area contributed by atoms with Crippen molar-refractivity contribution in [3.8, 4) is 0 Å². The van der Waals surface area contributed by atoms with Crippen LogP contribution < -0.4 is 10.6 Å². The van der Waals surface area contributed by atoms with E-state index in [0.717, 1.165) is 21.8 Å². The summed E-state index contributed by atoms with van der Waals surface area (Å²) in [6.45, 7) is 11.6. The maximum absolute atomic E-state index is 12.7. The van der Waals surface area contributed by atoms with Gasteiger partial charge in [-0.05, 0) is 38.5 Å². The second-order valence-electron chi connectivity index (χ2n) is 8.89. The van der Waals surface area contributed by atoms with E-state index in [4.69, 9.17) is 33.5 Å². The lowest BCUT2D eigenvalue weighted by Gasteiger charge is -2.11. The van der Waals surface area contributed by atoms with Crippen LogP contribution in [0.5, 0.6) is 0 Å². The largest absolute Gasteiger partial charge is 0.481 e. The normalized spacial score (nSPS) is 11.1. The number of ether oxygens (including phenoxy) is 6. The van der Waals surface area contributed by atoms with Crippen molar-refractivity contribution in [3.05, 3.63) is 39.9 Å². The molecule has 1 aromatic carbocycles. The Morgan fingerprint density at radius 3 is 1.78 bits per heavy atom. The lowest BCUT2D eigenvalue weighted by atomic mass is 10.1. The standard InChI is InChI=1S/C28H43N3O9S/c1-21-4-5-24(20-25(21)27(34)31-28-30-22(2)23(3)41-28)29-7-9-36-11-13-38-15-17-40-19-18-39-16-14-37-12-10-35-8-6-26(32)33/h4-5,20,29H,6-19H2,1-3H3,(H,32,33)(H,30,31,34). The Balaban J connectivity index is 1.39. The molecule has 1 aromatic heterocycles. The average molecular weight is 598 g/mol. The van der Waals surface area contributed by atoms with Crippen molar-refractivity contribution in [1.29, 1.82) is 0 Å². The van der Waals surface area contributed by atoms with Crippen LogP contribution in [0.15, 0.2) is 18.2 Å². The molecule has 1 amide bonds. The minimum Gasteiger partial charge on any atom is -0.481 e. The maximum atomic E-state index is 12.7. The number of carboxylic acids is 1. The number of amides is 1. The molecule has 0 atom stereocenters. The number of nitrogens with zero attached hydrogens (tertiary/aromatic N) is 1. The molecular weight excluding hydrogens is 554 g/mol. The summed E-state index contributed by atoms with van der Waals surface area (Å²) in [6, 6.07) is 5.70. The van der Waals surface area contributed by atoms with Crippen molar-refractivity contribution in [1.82, 2.24) is 4.98 Å². The third-order valence-corrected chi connectivity index (χ3v) is 6.62. The van der Waals surface area contributed by atoms with Gasteiger partial charge in [-0.3, -0.25) is 14.9 Å². The molecule has 1 heterocycles. The fourth-order valence-electron chi connectivity index (χ4n) is 3.30. The van der Waals surface area contributed by atoms with Gasteiger partial charge in [0.1, 0.15) is 0 Å². The Labute approximate surface area is 245 Å². The third kappa shape index (κ3) is 15.8. The fourth-order valence-corrected chi connectivity index (χ4v) is 4.11. The molecule has 12 nitrogen and oxygen atoms in total. The molecule has 0 aliphatic carbocycles. The van der Waals surface area contributed by atoms with Gasteiger partial charge in [0, 0.05) is 22.7 Å². The van der Waals surface area contributed by atoms with Crippen molar-refractivity contribution in [3.63, 3.8) is 0 Å². The average Bonchev–Trinajstić information content (AvgIpc) is 3.25. The van der Waals surface area contributed by atoms with E-state index in [1.165, 1.54) is 11.3 Å².